The van der Waals surface area contributed by atoms with Crippen molar-refractivity contribution < 1.29 is 13.6 Å². The Balaban J connectivity index is 2.03. The minimum atomic E-state index is -0.622. The number of halogens is 2. The molecular weight excluding hydrogens is 298 g/mol. The van der Waals surface area contributed by atoms with Crippen LogP contribution in [-0.2, 0) is 11.2 Å². The fourth-order valence-electron chi connectivity index (χ4n) is 2.48. The second-order valence-electron chi connectivity index (χ2n) is 5.52. The monoisotopic (exact) mass is 318 g/mol. The Bertz CT molecular complexity index is 706. The number of aryl methyl sites for hydroxylation is 3. The summed E-state index contributed by atoms with van der Waals surface area (Å²) < 4.78 is 26.4. The van der Waals surface area contributed by atoms with E-state index in [9.17, 15) is 13.6 Å². The summed E-state index contributed by atoms with van der Waals surface area (Å²) in [5.74, 6) is -1.44. The van der Waals surface area contributed by atoms with Crippen LogP contribution in [-0.4, -0.2) is 13.0 Å². The first-order valence-electron chi connectivity index (χ1n) is 7.43. The average molecular weight is 318 g/mol. The molecule has 2 aromatic rings. The van der Waals surface area contributed by atoms with E-state index in [1.54, 1.807) is 0 Å². The van der Waals surface area contributed by atoms with Crippen LogP contribution in [0.2, 0.25) is 0 Å². The van der Waals surface area contributed by atoms with Crippen LogP contribution in [0, 0.1) is 25.5 Å². The fourth-order valence-corrected chi connectivity index (χ4v) is 2.48. The van der Waals surface area contributed by atoms with Crippen molar-refractivity contribution in [3.05, 3.63) is 58.7 Å². The summed E-state index contributed by atoms with van der Waals surface area (Å²) in [5, 5.41) is 5.93. The van der Waals surface area contributed by atoms with Gasteiger partial charge in [-0.2, -0.15) is 0 Å². The summed E-state index contributed by atoms with van der Waals surface area (Å²) in [6.45, 7) is 3.84. The van der Waals surface area contributed by atoms with Crippen molar-refractivity contribution >= 4 is 17.3 Å². The normalized spacial score (nSPS) is 10.5. The molecule has 0 aliphatic heterocycles. The highest BCUT2D eigenvalue weighted by Gasteiger charge is 2.11. The van der Waals surface area contributed by atoms with Gasteiger partial charge in [-0.25, -0.2) is 8.78 Å². The molecule has 2 aromatic carbocycles. The Kier molecular flexibility index (Phi) is 5.32. The van der Waals surface area contributed by atoms with Crippen LogP contribution in [0.1, 0.15) is 23.1 Å². The number of amides is 1. The maximum Gasteiger partial charge on any atom is 0.224 e. The Morgan fingerprint density at radius 3 is 2.30 bits per heavy atom. The second-order valence-corrected chi connectivity index (χ2v) is 5.52. The molecule has 0 atom stereocenters. The molecule has 0 saturated carbocycles. The van der Waals surface area contributed by atoms with Crippen molar-refractivity contribution in [2.75, 3.05) is 17.7 Å². The van der Waals surface area contributed by atoms with E-state index in [0.29, 0.717) is 5.56 Å². The van der Waals surface area contributed by atoms with Gasteiger partial charge in [0.05, 0.1) is 0 Å². The number of hydrogen-bond acceptors (Lipinski definition) is 2. The van der Waals surface area contributed by atoms with E-state index < -0.39 is 11.6 Å². The van der Waals surface area contributed by atoms with Crippen molar-refractivity contribution in [3.8, 4) is 0 Å². The first kappa shape index (κ1) is 16.9. The summed E-state index contributed by atoms with van der Waals surface area (Å²) in [5.41, 5.74) is 3.99. The predicted octanol–water partition coefficient (Wildman–Crippen LogP) is 4.19. The SMILES string of the molecule is CNc1cc(C)c(NC(=O)CCc2ccc(F)cc2F)c(C)c1. The Morgan fingerprint density at radius 2 is 1.74 bits per heavy atom. The first-order valence-corrected chi connectivity index (χ1v) is 7.43. The number of nitrogens with one attached hydrogen (secondary N) is 2. The van der Waals surface area contributed by atoms with Crippen molar-refractivity contribution in [3.63, 3.8) is 0 Å². The molecule has 0 unspecified atom stereocenters. The molecule has 0 saturated heterocycles. The van der Waals surface area contributed by atoms with Gasteiger partial charge in [0.15, 0.2) is 0 Å². The van der Waals surface area contributed by atoms with Crippen molar-refractivity contribution in [2.24, 2.45) is 0 Å². The van der Waals surface area contributed by atoms with Crippen LogP contribution >= 0.6 is 0 Å². The quantitative estimate of drug-likeness (QED) is 0.867. The van der Waals surface area contributed by atoms with E-state index in [4.69, 9.17) is 0 Å². The van der Waals surface area contributed by atoms with Crippen LogP contribution in [0.5, 0.6) is 0 Å². The van der Waals surface area contributed by atoms with Crippen molar-refractivity contribution in [2.45, 2.75) is 26.7 Å². The molecule has 0 aliphatic rings. The molecule has 5 heteroatoms. The third kappa shape index (κ3) is 4.28. The maximum absolute atomic E-state index is 13.6. The molecule has 0 fully saturated rings. The molecule has 0 heterocycles. The summed E-state index contributed by atoms with van der Waals surface area (Å²) in [4.78, 5) is 12.1. The van der Waals surface area contributed by atoms with Gasteiger partial charge in [-0.15, -0.1) is 0 Å². The van der Waals surface area contributed by atoms with Gasteiger partial charge < -0.3 is 10.6 Å². The summed E-state index contributed by atoms with van der Waals surface area (Å²) in [6.07, 6.45) is 0.361. The van der Waals surface area contributed by atoms with E-state index in [1.165, 1.54) is 12.1 Å². The van der Waals surface area contributed by atoms with Gasteiger partial charge >= 0.3 is 0 Å². The van der Waals surface area contributed by atoms with Gasteiger partial charge in [-0.05, 0) is 55.2 Å². The summed E-state index contributed by atoms with van der Waals surface area (Å²) in [6, 6.07) is 7.29. The molecule has 0 bridgehead atoms. The average Bonchev–Trinajstić information content (AvgIpc) is 2.49. The number of carbonyl (C=O) groups excluding carboxylic acids is 1. The Labute approximate surface area is 134 Å². The highest BCUT2D eigenvalue weighted by atomic mass is 19.1. The van der Waals surface area contributed by atoms with Gasteiger partial charge in [0.25, 0.3) is 0 Å². The molecule has 0 radical (unpaired) electrons. The van der Waals surface area contributed by atoms with Crippen molar-refractivity contribution in [1.82, 2.24) is 0 Å². The third-order valence-corrected chi connectivity index (χ3v) is 3.72. The molecule has 0 aliphatic carbocycles. The van der Waals surface area contributed by atoms with Crippen LogP contribution in [0.15, 0.2) is 30.3 Å². The number of benzene rings is 2. The standard InChI is InChI=1S/C18H20F2N2O/c1-11-8-15(21-3)9-12(2)18(11)22-17(23)7-5-13-4-6-14(19)10-16(13)20/h4,6,8-10,21H,5,7H2,1-3H3,(H,22,23). The van der Waals surface area contributed by atoms with Crippen LogP contribution in [0.4, 0.5) is 20.2 Å². The molecule has 122 valence electrons. The number of rotatable bonds is 5. The Morgan fingerprint density at radius 1 is 1.09 bits per heavy atom. The van der Waals surface area contributed by atoms with Gasteiger partial charge in [0, 0.05) is 30.9 Å². The van der Waals surface area contributed by atoms with Crippen molar-refractivity contribution in [1.29, 1.82) is 0 Å². The topological polar surface area (TPSA) is 41.1 Å². The molecule has 0 aromatic heterocycles. The lowest BCUT2D eigenvalue weighted by molar-refractivity contribution is -0.116. The zero-order chi connectivity index (χ0) is 17.0. The van der Waals surface area contributed by atoms with E-state index in [-0.39, 0.29) is 18.7 Å². The molecule has 2 N–H and O–H groups in total. The van der Waals surface area contributed by atoms with Gasteiger partial charge in [-0.1, -0.05) is 6.07 Å². The summed E-state index contributed by atoms with van der Waals surface area (Å²) in [7, 11) is 1.84. The predicted molar refractivity (Wildman–Crippen MR) is 88.8 cm³/mol. The number of hydrogen-bond donors (Lipinski definition) is 2. The largest absolute Gasteiger partial charge is 0.388 e. The molecule has 1 amide bonds. The van der Waals surface area contributed by atoms with Crippen LogP contribution < -0.4 is 10.6 Å². The molecule has 3 nitrogen and oxygen atoms in total. The second kappa shape index (κ2) is 7.22. The highest BCUT2D eigenvalue weighted by Crippen LogP contribution is 2.25. The highest BCUT2D eigenvalue weighted by molar-refractivity contribution is 5.92. The van der Waals surface area contributed by atoms with E-state index in [0.717, 1.165) is 28.6 Å². The maximum atomic E-state index is 13.6. The van der Waals surface area contributed by atoms with Gasteiger partial charge in [-0.3, -0.25) is 4.79 Å². The van der Waals surface area contributed by atoms with Crippen LogP contribution in [0.25, 0.3) is 0 Å². The van der Waals surface area contributed by atoms with E-state index in [1.807, 2.05) is 33.0 Å². The lowest BCUT2D eigenvalue weighted by Crippen LogP contribution is -2.14. The number of carbonyl (C=O) groups is 1. The third-order valence-electron chi connectivity index (χ3n) is 3.72. The Hall–Kier alpha value is -2.43. The molecular formula is C18H20F2N2O. The van der Waals surface area contributed by atoms with E-state index in [2.05, 4.69) is 10.6 Å². The van der Waals surface area contributed by atoms with Gasteiger partial charge in [0.1, 0.15) is 11.6 Å². The zero-order valence-corrected chi connectivity index (χ0v) is 13.5. The van der Waals surface area contributed by atoms with Gasteiger partial charge in [0.2, 0.25) is 5.91 Å². The smallest absolute Gasteiger partial charge is 0.224 e. The minimum absolute atomic E-state index is 0.134. The lowest BCUT2D eigenvalue weighted by Gasteiger charge is -2.14. The first-order chi connectivity index (χ1) is 10.9. The lowest BCUT2D eigenvalue weighted by atomic mass is 10.1. The molecule has 2 rings (SSSR count). The zero-order valence-electron chi connectivity index (χ0n) is 13.5. The summed E-state index contributed by atoms with van der Waals surface area (Å²) >= 11 is 0. The van der Waals surface area contributed by atoms with E-state index >= 15 is 0 Å². The van der Waals surface area contributed by atoms with Crippen LogP contribution in [0.3, 0.4) is 0 Å². The fraction of sp³-hybridized carbons (Fsp3) is 0.278. The number of anilines is 2. The molecule has 23 heavy (non-hydrogen) atoms. The molecule has 0 spiro atoms. The minimum Gasteiger partial charge on any atom is -0.388 e.